The highest BCUT2D eigenvalue weighted by atomic mass is 16.6. The largest absolute Gasteiger partial charge is 0.450 e. The van der Waals surface area contributed by atoms with Crippen LogP contribution in [0, 0.1) is 11.8 Å². The maximum Gasteiger partial charge on any atom is 0.409 e. The van der Waals surface area contributed by atoms with Gasteiger partial charge in [0.15, 0.2) is 0 Å². The van der Waals surface area contributed by atoms with E-state index in [1.54, 1.807) is 11.8 Å². The maximum absolute atomic E-state index is 11.6. The number of nitrogens with zero attached hydrogens (tertiary/aromatic N) is 1. The van der Waals surface area contributed by atoms with Crippen LogP contribution in [-0.2, 0) is 9.53 Å². The van der Waals surface area contributed by atoms with Gasteiger partial charge in [0.1, 0.15) is 5.78 Å². The van der Waals surface area contributed by atoms with Gasteiger partial charge in [0.2, 0.25) is 0 Å². The fourth-order valence-electron chi connectivity index (χ4n) is 1.82. The van der Waals surface area contributed by atoms with Crippen LogP contribution in [0.25, 0.3) is 0 Å². The number of piperidine rings is 1. The van der Waals surface area contributed by atoms with Crippen molar-refractivity contribution < 1.29 is 14.3 Å². The molecule has 0 aromatic carbocycles. The number of likely N-dealkylation sites (tertiary alicyclic amines) is 1. The predicted molar refractivity (Wildman–Crippen MR) is 56.5 cm³/mol. The molecule has 0 aliphatic carbocycles. The molecule has 1 saturated heterocycles. The minimum atomic E-state index is -0.296. The lowest BCUT2D eigenvalue weighted by Gasteiger charge is -2.32. The number of Topliss-reactive ketones (excluding diaryl/α,β-unsaturated/α-hetero) is 1. The molecule has 0 saturated carbocycles. The Hall–Kier alpha value is -1.06. The molecule has 1 unspecified atom stereocenters. The highest BCUT2D eigenvalue weighted by Crippen LogP contribution is 2.20. The Kier molecular flexibility index (Phi) is 4.12. The summed E-state index contributed by atoms with van der Waals surface area (Å²) in [5.41, 5.74) is 0. The molecule has 1 rings (SSSR count). The predicted octanol–water partition coefficient (Wildman–Crippen LogP) is 1.69. The molecule has 1 amide bonds. The summed E-state index contributed by atoms with van der Waals surface area (Å²) in [7, 11) is 0. The fraction of sp³-hybridized carbons (Fsp3) is 0.818. The molecule has 1 heterocycles. The maximum atomic E-state index is 11.6. The number of ether oxygens (including phenoxy) is 1. The van der Waals surface area contributed by atoms with Gasteiger partial charge in [-0.2, -0.15) is 0 Å². The van der Waals surface area contributed by atoms with Crippen LogP contribution >= 0.6 is 0 Å². The van der Waals surface area contributed by atoms with Crippen LogP contribution in [0.15, 0.2) is 0 Å². The Bertz CT molecular complexity index is 250. The quantitative estimate of drug-likeness (QED) is 0.701. The number of hydrogen-bond acceptors (Lipinski definition) is 3. The smallest absolute Gasteiger partial charge is 0.409 e. The number of carbonyl (C=O) groups is 2. The molecule has 0 spiro atoms. The van der Waals surface area contributed by atoms with Crippen molar-refractivity contribution >= 4 is 11.9 Å². The van der Waals surface area contributed by atoms with Gasteiger partial charge in [0, 0.05) is 25.4 Å². The summed E-state index contributed by atoms with van der Waals surface area (Å²) in [6, 6.07) is 0. The zero-order valence-corrected chi connectivity index (χ0v) is 9.66. The highest BCUT2D eigenvalue weighted by molar-refractivity contribution is 5.84. The summed E-state index contributed by atoms with van der Waals surface area (Å²) in [5.74, 6) is 0.531. The van der Waals surface area contributed by atoms with E-state index in [1.807, 2.05) is 13.8 Å². The molecule has 4 nitrogen and oxygen atoms in total. The second-order valence-electron chi connectivity index (χ2n) is 4.21. The van der Waals surface area contributed by atoms with Crippen molar-refractivity contribution in [3.63, 3.8) is 0 Å². The number of ketones is 1. The van der Waals surface area contributed by atoms with Crippen molar-refractivity contribution in [2.75, 3.05) is 19.7 Å². The molecule has 15 heavy (non-hydrogen) atoms. The third-order valence-corrected chi connectivity index (χ3v) is 2.79. The van der Waals surface area contributed by atoms with E-state index < -0.39 is 0 Å². The molecule has 0 aromatic rings. The number of rotatable bonds is 2. The number of amides is 1. The average molecular weight is 213 g/mol. The Morgan fingerprint density at radius 2 is 2.27 bits per heavy atom. The van der Waals surface area contributed by atoms with Crippen molar-refractivity contribution in [1.82, 2.24) is 4.90 Å². The summed E-state index contributed by atoms with van der Waals surface area (Å²) in [6.45, 7) is 7.20. The van der Waals surface area contributed by atoms with Gasteiger partial charge < -0.3 is 9.64 Å². The average Bonchev–Trinajstić information content (AvgIpc) is 2.18. The van der Waals surface area contributed by atoms with E-state index in [0.29, 0.717) is 26.1 Å². The van der Waals surface area contributed by atoms with Gasteiger partial charge in [-0.3, -0.25) is 4.79 Å². The summed E-state index contributed by atoms with van der Waals surface area (Å²) in [4.78, 5) is 24.7. The monoisotopic (exact) mass is 213 g/mol. The molecular formula is C11H19NO3. The molecule has 0 N–H and O–H groups in total. The highest BCUT2D eigenvalue weighted by Gasteiger charge is 2.32. The van der Waals surface area contributed by atoms with Crippen LogP contribution < -0.4 is 0 Å². The van der Waals surface area contributed by atoms with Crippen LogP contribution in [0.3, 0.4) is 0 Å². The normalized spacial score (nSPS) is 22.0. The van der Waals surface area contributed by atoms with E-state index in [1.165, 1.54) is 0 Å². The van der Waals surface area contributed by atoms with Crippen molar-refractivity contribution in [2.45, 2.75) is 27.2 Å². The minimum absolute atomic E-state index is 0.0249. The van der Waals surface area contributed by atoms with Gasteiger partial charge in [-0.15, -0.1) is 0 Å². The van der Waals surface area contributed by atoms with Crippen LogP contribution in [0.4, 0.5) is 4.79 Å². The molecular weight excluding hydrogens is 194 g/mol. The lowest BCUT2D eigenvalue weighted by atomic mass is 9.87. The van der Waals surface area contributed by atoms with Gasteiger partial charge in [-0.25, -0.2) is 4.79 Å². The van der Waals surface area contributed by atoms with Crippen molar-refractivity contribution in [2.24, 2.45) is 11.8 Å². The zero-order chi connectivity index (χ0) is 11.4. The number of hydrogen-bond donors (Lipinski definition) is 0. The lowest BCUT2D eigenvalue weighted by Crippen LogP contribution is -2.46. The molecule has 1 aliphatic rings. The van der Waals surface area contributed by atoms with Crippen LogP contribution in [0.1, 0.15) is 27.2 Å². The van der Waals surface area contributed by atoms with E-state index in [4.69, 9.17) is 4.74 Å². The zero-order valence-electron chi connectivity index (χ0n) is 9.66. The Morgan fingerprint density at radius 3 is 2.80 bits per heavy atom. The van der Waals surface area contributed by atoms with E-state index in [0.717, 1.165) is 0 Å². The standard InChI is InChI=1S/C11H19NO3/c1-4-15-11(14)12-6-5-10(13)9(7-12)8(2)3/h8-9H,4-7H2,1-3H3. The summed E-state index contributed by atoms with van der Waals surface area (Å²) >= 11 is 0. The van der Waals surface area contributed by atoms with Gasteiger partial charge >= 0.3 is 6.09 Å². The lowest BCUT2D eigenvalue weighted by molar-refractivity contribution is -0.127. The molecule has 1 aliphatic heterocycles. The van der Waals surface area contributed by atoms with Crippen LogP contribution in [0.5, 0.6) is 0 Å². The molecule has 1 fully saturated rings. The third kappa shape index (κ3) is 2.94. The van der Waals surface area contributed by atoms with Gasteiger partial charge in [0.05, 0.1) is 6.61 Å². The van der Waals surface area contributed by atoms with E-state index in [-0.39, 0.29) is 23.7 Å². The second-order valence-corrected chi connectivity index (χ2v) is 4.21. The third-order valence-electron chi connectivity index (χ3n) is 2.79. The van der Waals surface area contributed by atoms with E-state index in [2.05, 4.69) is 0 Å². The van der Waals surface area contributed by atoms with Crippen LogP contribution in [0.2, 0.25) is 0 Å². The molecule has 1 atom stereocenters. The second kappa shape index (κ2) is 5.14. The first-order valence-corrected chi connectivity index (χ1v) is 5.50. The van der Waals surface area contributed by atoms with Crippen molar-refractivity contribution in [1.29, 1.82) is 0 Å². The SMILES string of the molecule is CCOC(=O)N1CCC(=O)C(C(C)C)C1. The number of carbonyl (C=O) groups excluding carboxylic acids is 2. The molecule has 0 aromatic heterocycles. The summed E-state index contributed by atoms with van der Waals surface area (Å²) in [5, 5.41) is 0. The first-order chi connectivity index (χ1) is 7.06. The topological polar surface area (TPSA) is 46.6 Å². The Balaban J connectivity index is 2.57. The van der Waals surface area contributed by atoms with Gasteiger partial charge in [0.25, 0.3) is 0 Å². The Morgan fingerprint density at radius 1 is 1.60 bits per heavy atom. The fourth-order valence-corrected chi connectivity index (χ4v) is 1.82. The van der Waals surface area contributed by atoms with E-state index >= 15 is 0 Å². The molecule has 0 bridgehead atoms. The van der Waals surface area contributed by atoms with Crippen molar-refractivity contribution in [3.8, 4) is 0 Å². The minimum Gasteiger partial charge on any atom is -0.450 e. The van der Waals surface area contributed by atoms with Crippen molar-refractivity contribution in [3.05, 3.63) is 0 Å². The van der Waals surface area contributed by atoms with Gasteiger partial charge in [-0.05, 0) is 12.8 Å². The first-order valence-electron chi connectivity index (χ1n) is 5.50. The molecule has 0 radical (unpaired) electrons. The summed E-state index contributed by atoms with van der Waals surface area (Å²) < 4.78 is 4.92. The Labute approximate surface area is 90.6 Å². The van der Waals surface area contributed by atoms with Gasteiger partial charge in [-0.1, -0.05) is 13.8 Å². The first kappa shape index (κ1) is 12.0. The summed E-state index contributed by atoms with van der Waals surface area (Å²) in [6.07, 6.45) is 0.164. The van der Waals surface area contributed by atoms with E-state index in [9.17, 15) is 9.59 Å². The molecule has 4 heteroatoms. The molecule has 86 valence electrons. The van der Waals surface area contributed by atoms with Crippen LogP contribution in [-0.4, -0.2) is 36.5 Å².